The Morgan fingerprint density at radius 2 is 1.80 bits per heavy atom. The van der Waals surface area contributed by atoms with Crippen molar-refractivity contribution in [2.24, 2.45) is 0 Å². The van der Waals surface area contributed by atoms with Crippen LogP contribution >= 0.6 is 23.2 Å². The van der Waals surface area contributed by atoms with E-state index in [1.807, 2.05) is 12.1 Å². The van der Waals surface area contributed by atoms with Crippen LogP contribution in [0.4, 0.5) is 13.2 Å². The standard InChI is InChI=1S/C20H17Cl2F3N4O/c21-14-5-3-12(4-6-14)19(7-1-2-8-19)18(30)26-10-16-27-28-17-15(22)9-13(11-29(16)17)20(23,24)25/h3-6,9,11H,1-2,7-8,10H2,(H,26,30). The van der Waals surface area contributed by atoms with Crippen LogP contribution in [0.25, 0.3) is 5.65 Å². The Hall–Kier alpha value is -2.32. The molecule has 1 aliphatic carbocycles. The first kappa shape index (κ1) is 20.9. The molecular weight excluding hydrogens is 440 g/mol. The normalized spacial score (nSPS) is 16.2. The summed E-state index contributed by atoms with van der Waals surface area (Å²) < 4.78 is 40.5. The second-order valence-electron chi connectivity index (χ2n) is 7.36. The number of pyridine rings is 1. The molecule has 3 aromatic rings. The quantitative estimate of drug-likeness (QED) is 0.587. The molecule has 10 heteroatoms. The van der Waals surface area contributed by atoms with Gasteiger partial charge in [-0.15, -0.1) is 10.2 Å². The molecule has 4 rings (SSSR count). The van der Waals surface area contributed by atoms with Crippen LogP contribution in [0.2, 0.25) is 10.0 Å². The Bertz CT molecular complexity index is 1090. The van der Waals surface area contributed by atoms with Crippen molar-refractivity contribution in [1.82, 2.24) is 19.9 Å². The number of benzene rings is 1. The minimum Gasteiger partial charge on any atom is -0.348 e. The van der Waals surface area contributed by atoms with Gasteiger partial charge in [-0.1, -0.05) is 48.2 Å². The summed E-state index contributed by atoms with van der Waals surface area (Å²) >= 11 is 11.9. The zero-order valence-corrected chi connectivity index (χ0v) is 17.2. The lowest BCUT2D eigenvalue weighted by molar-refractivity contribution is -0.138. The molecule has 1 saturated carbocycles. The second-order valence-corrected chi connectivity index (χ2v) is 8.21. The monoisotopic (exact) mass is 456 g/mol. The summed E-state index contributed by atoms with van der Waals surface area (Å²) in [7, 11) is 0. The van der Waals surface area contributed by atoms with Gasteiger partial charge in [-0.25, -0.2) is 0 Å². The molecule has 0 unspecified atom stereocenters. The summed E-state index contributed by atoms with van der Waals surface area (Å²) in [5.74, 6) is -0.0345. The number of aromatic nitrogens is 3. The number of hydrogen-bond donors (Lipinski definition) is 1. The zero-order chi connectivity index (χ0) is 21.5. The molecule has 1 aromatic carbocycles. The minimum absolute atomic E-state index is 0.0764. The fraction of sp³-hybridized carbons (Fsp3) is 0.350. The van der Waals surface area contributed by atoms with E-state index in [0.717, 1.165) is 35.1 Å². The van der Waals surface area contributed by atoms with Gasteiger partial charge >= 0.3 is 6.18 Å². The Morgan fingerprint density at radius 3 is 2.43 bits per heavy atom. The van der Waals surface area contributed by atoms with Gasteiger partial charge in [0.1, 0.15) is 0 Å². The van der Waals surface area contributed by atoms with E-state index in [9.17, 15) is 18.0 Å². The average Bonchev–Trinajstić information content (AvgIpc) is 3.34. The maximum atomic E-state index is 13.2. The molecule has 158 valence electrons. The number of halogens is 5. The number of carbonyl (C=O) groups is 1. The van der Waals surface area contributed by atoms with E-state index in [2.05, 4.69) is 15.5 Å². The Labute approximate surface area is 180 Å². The summed E-state index contributed by atoms with van der Waals surface area (Å²) in [5, 5.41) is 11.0. The molecule has 2 aromatic heterocycles. The van der Waals surface area contributed by atoms with Crippen LogP contribution in [-0.2, 0) is 22.9 Å². The number of amides is 1. The predicted octanol–water partition coefficient (Wildman–Crippen LogP) is 5.18. The van der Waals surface area contributed by atoms with Crippen molar-refractivity contribution in [2.75, 3.05) is 0 Å². The third kappa shape index (κ3) is 3.74. The zero-order valence-electron chi connectivity index (χ0n) is 15.6. The van der Waals surface area contributed by atoms with Gasteiger partial charge in [0.25, 0.3) is 0 Å². The Balaban J connectivity index is 1.61. The highest BCUT2D eigenvalue weighted by atomic mass is 35.5. The molecule has 1 aliphatic rings. The lowest BCUT2D eigenvalue weighted by atomic mass is 9.78. The predicted molar refractivity (Wildman–Crippen MR) is 106 cm³/mol. The van der Waals surface area contributed by atoms with Crippen molar-refractivity contribution in [3.63, 3.8) is 0 Å². The van der Waals surface area contributed by atoms with E-state index in [1.54, 1.807) is 12.1 Å². The molecule has 0 spiro atoms. The minimum atomic E-state index is -4.56. The average molecular weight is 457 g/mol. The first-order valence-corrected chi connectivity index (χ1v) is 10.1. The van der Waals surface area contributed by atoms with E-state index < -0.39 is 17.2 Å². The molecule has 1 fully saturated rings. The highest BCUT2D eigenvalue weighted by molar-refractivity contribution is 6.33. The first-order valence-electron chi connectivity index (χ1n) is 9.35. The fourth-order valence-electron chi connectivity index (χ4n) is 4.00. The number of hydrogen-bond acceptors (Lipinski definition) is 3. The van der Waals surface area contributed by atoms with Crippen LogP contribution in [0.3, 0.4) is 0 Å². The van der Waals surface area contributed by atoms with Crippen molar-refractivity contribution in [3.05, 3.63) is 63.5 Å². The number of fused-ring (bicyclic) bond motifs is 1. The molecule has 5 nitrogen and oxygen atoms in total. The van der Waals surface area contributed by atoms with Gasteiger partial charge in [-0.05, 0) is 36.6 Å². The Morgan fingerprint density at radius 1 is 1.13 bits per heavy atom. The third-order valence-corrected chi connectivity index (χ3v) is 6.08. The molecule has 0 radical (unpaired) electrons. The van der Waals surface area contributed by atoms with E-state index in [4.69, 9.17) is 23.2 Å². The van der Waals surface area contributed by atoms with Crippen LogP contribution < -0.4 is 5.32 Å². The molecule has 1 N–H and O–H groups in total. The van der Waals surface area contributed by atoms with Crippen LogP contribution in [0.15, 0.2) is 36.5 Å². The van der Waals surface area contributed by atoms with Crippen molar-refractivity contribution < 1.29 is 18.0 Å². The number of rotatable bonds is 4. The fourth-order valence-corrected chi connectivity index (χ4v) is 4.37. The topological polar surface area (TPSA) is 59.3 Å². The molecule has 0 bridgehead atoms. The summed E-state index contributed by atoms with van der Waals surface area (Å²) in [4.78, 5) is 13.2. The lowest BCUT2D eigenvalue weighted by Gasteiger charge is -2.28. The van der Waals surface area contributed by atoms with Crippen LogP contribution in [-0.4, -0.2) is 20.5 Å². The van der Waals surface area contributed by atoms with Crippen LogP contribution in [0, 0.1) is 0 Å². The third-order valence-electron chi connectivity index (χ3n) is 5.55. The molecule has 30 heavy (non-hydrogen) atoms. The highest BCUT2D eigenvalue weighted by Gasteiger charge is 2.42. The molecule has 0 aliphatic heterocycles. The van der Waals surface area contributed by atoms with Gasteiger partial charge in [0.2, 0.25) is 5.91 Å². The van der Waals surface area contributed by atoms with Crippen LogP contribution in [0.5, 0.6) is 0 Å². The van der Waals surface area contributed by atoms with Crippen LogP contribution in [0.1, 0.15) is 42.6 Å². The molecule has 1 amide bonds. The summed E-state index contributed by atoms with van der Waals surface area (Å²) in [6, 6.07) is 7.99. The van der Waals surface area contributed by atoms with E-state index in [-0.39, 0.29) is 28.9 Å². The lowest BCUT2D eigenvalue weighted by Crippen LogP contribution is -2.42. The van der Waals surface area contributed by atoms with Crippen molar-refractivity contribution in [2.45, 2.75) is 43.8 Å². The summed E-state index contributed by atoms with van der Waals surface area (Å²) in [5.41, 5.74) is -0.641. The number of carbonyl (C=O) groups excluding carboxylic acids is 1. The molecule has 0 atom stereocenters. The molecule has 0 saturated heterocycles. The van der Waals surface area contributed by atoms with Crippen molar-refractivity contribution >= 4 is 34.8 Å². The highest BCUT2D eigenvalue weighted by Crippen LogP contribution is 2.41. The summed E-state index contributed by atoms with van der Waals surface area (Å²) in [6.45, 7) is -0.0764. The maximum Gasteiger partial charge on any atom is 0.417 e. The Kier molecular flexibility index (Phi) is 5.40. The molecular formula is C20H17Cl2F3N4O. The van der Waals surface area contributed by atoms with Gasteiger partial charge < -0.3 is 5.32 Å². The van der Waals surface area contributed by atoms with Gasteiger partial charge in [-0.2, -0.15) is 13.2 Å². The first-order chi connectivity index (χ1) is 14.2. The van der Waals surface area contributed by atoms with Gasteiger partial charge in [0.05, 0.1) is 22.5 Å². The van der Waals surface area contributed by atoms with Crippen molar-refractivity contribution in [3.8, 4) is 0 Å². The van der Waals surface area contributed by atoms with E-state index in [0.29, 0.717) is 17.9 Å². The number of alkyl halides is 3. The van der Waals surface area contributed by atoms with Gasteiger partial charge in [0.15, 0.2) is 11.5 Å². The largest absolute Gasteiger partial charge is 0.417 e. The van der Waals surface area contributed by atoms with E-state index in [1.165, 1.54) is 0 Å². The number of nitrogens with zero attached hydrogens (tertiary/aromatic N) is 3. The van der Waals surface area contributed by atoms with Crippen molar-refractivity contribution in [1.29, 1.82) is 0 Å². The van der Waals surface area contributed by atoms with E-state index >= 15 is 0 Å². The SMILES string of the molecule is O=C(NCc1nnc2c(Cl)cc(C(F)(F)F)cn12)C1(c2ccc(Cl)cc2)CCCC1. The molecule has 2 heterocycles. The second kappa shape index (κ2) is 7.74. The van der Waals surface area contributed by atoms with Gasteiger partial charge in [-0.3, -0.25) is 9.20 Å². The number of nitrogens with one attached hydrogen (secondary N) is 1. The smallest absolute Gasteiger partial charge is 0.348 e. The maximum absolute atomic E-state index is 13.2. The van der Waals surface area contributed by atoms with Gasteiger partial charge in [0, 0.05) is 11.2 Å². The summed E-state index contributed by atoms with van der Waals surface area (Å²) in [6.07, 6.45) is -0.489.